The van der Waals surface area contributed by atoms with Crippen molar-refractivity contribution in [2.75, 3.05) is 38.7 Å². The lowest BCUT2D eigenvalue weighted by Crippen LogP contribution is -2.37. The summed E-state index contributed by atoms with van der Waals surface area (Å²) in [7, 11) is 1.48. The molecule has 0 unspecified atom stereocenters. The first-order chi connectivity index (χ1) is 15.4. The van der Waals surface area contributed by atoms with Crippen LogP contribution in [0, 0.1) is 6.92 Å². The van der Waals surface area contributed by atoms with Gasteiger partial charge in [0.05, 0.1) is 19.8 Å². The fourth-order valence-corrected chi connectivity index (χ4v) is 2.71. The van der Waals surface area contributed by atoms with E-state index in [1.165, 1.54) is 11.9 Å². The van der Waals surface area contributed by atoms with E-state index in [-0.39, 0.29) is 18.9 Å². The lowest BCUT2D eigenvalue weighted by Gasteiger charge is -2.17. The minimum absolute atomic E-state index is 0.113. The van der Waals surface area contributed by atoms with E-state index in [0.29, 0.717) is 36.8 Å². The van der Waals surface area contributed by atoms with Crippen LogP contribution in [0.2, 0.25) is 0 Å². The number of ether oxygens (including phenoxy) is 3. The number of para-hydroxylation sites is 2. The fourth-order valence-electron chi connectivity index (χ4n) is 2.71. The van der Waals surface area contributed by atoms with Gasteiger partial charge < -0.3 is 24.4 Å². The zero-order valence-electron chi connectivity index (χ0n) is 18.8. The lowest BCUT2D eigenvalue weighted by molar-refractivity contribution is -0.152. The zero-order valence-corrected chi connectivity index (χ0v) is 18.8. The molecule has 0 aliphatic carbocycles. The highest BCUT2D eigenvalue weighted by Gasteiger charge is 2.15. The third-order valence-electron chi connectivity index (χ3n) is 4.43. The first kappa shape index (κ1) is 24.7. The number of carbonyl (C=O) groups is 3. The predicted octanol–water partition coefficient (Wildman–Crippen LogP) is 3.19. The van der Waals surface area contributed by atoms with E-state index in [0.717, 1.165) is 5.56 Å². The second-order valence-electron chi connectivity index (χ2n) is 7.16. The van der Waals surface area contributed by atoms with E-state index in [4.69, 9.17) is 14.2 Å². The standard InChI is InChI=1S/C24H30N2O6/c1-4-30-20-8-5-6-9-21(20)31-15-7-10-24(29)32-17-23(28)26(3)16-22(27)25-19-13-11-18(2)12-14-19/h5-6,8-9,11-14H,4,7,10,15-17H2,1-3H3,(H,25,27). The van der Waals surface area contributed by atoms with Crippen LogP contribution in [0.5, 0.6) is 11.5 Å². The Labute approximate surface area is 188 Å². The number of esters is 1. The molecule has 8 nitrogen and oxygen atoms in total. The van der Waals surface area contributed by atoms with E-state index in [1.54, 1.807) is 18.2 Å². The molecular formula is C24H30N2O6. The van der Waals surface area contributed by atoms with Crippen LogP contribution in [-0.2, 0) is 19.1 Å². The van der Waals surface area contributed by atoms with Gasteiger partial charge in [-0.1, -0.05) is 29.8 Å². The molecule has 172 valence electrons. The van der Waals surface area contributed by atoms with Gasteiger partial charge >= 0.3 is 5.97 Å². The summed E-state index contributed by atoms with van der Waals surface area (Å²) in [6.45, 7) is 4.13. The molecule has 32 heavy (non-hydrogen) atoms. The number of benzene rings is 2. The van der Waals surface area contributed by atoms with Gasteiger partial charge in [-0.2, -0.15) is 0 Å². The van der Waals surface area contributed by atoms with Crippen molar-refractivity contribution in [3.05, 3.63) is 54.1 Å². The largest absolute Gasteiger partial charge is 0.490 e. The lowest BCUT2D eigenvalue weighted by atomic mass is 10.2. The van der Waals surface area contributed by atoms with Crippen LogP contribution in [0.4, 0.5) is 5.69 Å². The first-order valence-electron chi connectivity index (χ1n) is 10.5. The van der Waals surface area contributed by atoms with Gasteiger partial charge in [-0.25, -0.2) is 0 Å². The van der Waals surface area contributed by atoms with Gasteiger partial charge in [-0.3, -0.25) is 14.4 Å². The minimum atomic E-state index is -0.502. The monoisotopic (exact) mass is 442 g/mol. The van der Waals surface area contributed by atoms with E-state index < -0.39 is 18.5 Å². The van der Waals surface area contributed by atoms with Gasteiger partial charge in [0, 0.05) is 19.2 Å². The average molecular weight is 443 g/mol. The molecule has 8 heteroatoms. The number of amides is 2. The molecule has 2 rings (SSSR count). The Morgan fingerprint density at radius 2 is 1.62 bits per heavy atom. The van der Waals surface area contributed by atoms with E-state index in [9.17, 15) is 14.4 Å². The Balaban J connectivity index is 1.64. The third-order valence-corrected chi connectivity index (χ3v) is 4.43. The number of rotatable bonds is 12. The molecule has 2 aromatic rings. The van der Waals surface area contributed by atoms with Crippen molar-refractivity contribution in [1.82, 2.24) is 4.90 Å². The van der Waals surface area contributed by atoms with Crippen LogP contribution in [0.15, 0.2) is 48.5 Å². The first-order valence-corrected chi connectivity index (χ1v) is 10.5. The third kappa shape index (κ3) is 8.67. The van der Waals surface area contributed by atoms with Gasteiger partial charge in [0.15, 0.2) is 18.1 Å². The number of nitrogens with zero attached hydrogens (tertiary/aromatic N) is 1. The molecule has 0 heterocycles. The van der Waals surface area contributed by atoms with Crippen molar-refractivity contribution < 1.29 is 28.6 Å². The number of carbonyl (C=O) groups excluding carboxylic acids is 3. The number of hydrogen-bond donors (Lipinski definition) is 1. The molecule has 0 radical (unpaired) electrons. The number of aryl methyl sites for hydroxylation is 1. The van der Waals surface area contributed by atoms with Crippen LogP contribution >= 0.6 is 0 Å². The van der Waals surface area contributed by atoms with Crippen LogP contribution in [0.1, 0.15) is 25.3 Å². The molecule has 0 atom stereocenters. The van der Waals surface area contributed by atoms with Crippen molar-refractivity contribution >= 4 is 23.5 Å². The maximum atomic E-state index is 12.1. The summed E-state index contributed by atoms with van der Waals surface area (Å²) in [5.41, 5.74) is 1.73. The molecular weight excluding hydrogens is 412 g/mol. The van der Waals surface area contributed by atoms with Crippen molar-refractivity contribution in [3.63, 3.8) is 0 Å². The van der Waals surface area contributed by atoms with Crippen LogP contribution in [0.25, 0.3) is 0 Å². The number of nitrogens with one attached hydrogen (secondary N) is 1. The molecule has 0 saturated heterocycles. The molecule has 2 aromatic carbocycles. The van der Waals surface area contributed by atoms with Gasteiger partial charge in [0.2, 0.25) is 5.91 Å². The van der Waals surface area contributed by atoms with E-state index in [2.05, 4.69) is 5.32 Å². The van der Waals surface area contributed by atoms with Crippen LogP contribution in [-0.4, -0.2) is 56.1 Å². The summed E-state index contributed by atoms with van der Waals surface area (Å²) in [6, 6.07) is 14.7. The molecule has 0 spiro atoms. The SMILES string of the molecule is CCOc1ccccc1OCCCC(=O)OCC(=O)N(C)CC(=O)Nc1ccc(C)cc1. The predicted molar refractivity (Wildman–Crippen MR) is 121 cm³/mol. The average Bonchev–Trinajstić information content (AvgIpc) is 2.77. The summed E-state index contributed by atoms with van der Waals surface area (Å²) in [5, 5.41) is 2.72. The molecule has 2 amide bonds. The number of hydrogen-bond acceptors (Lipinski definition) is 6. The highest BCUT2D eigenvalue weighted by atomic mass is 16.5. The van der Waals surface area contributed by atoms with E-state index >= 15 is 0 Å². The Morgan fingerprint density at radius 1 is 0.969 bits per heavy atom. The smallest absolute Gasteiger partial charge is 0.306 e. The van der Waals surface area contributed by atoms with Gasteiger partial charge in [0.1, 0.15) is 0 Å². The number of anilines is 1. The Morgan fingerprint density at radius 3 is 2.28 bits per heavy atom. The highest BCUT2D eigenvalue weighted by Crippen LogP contribution is 2.26. The van der Waals surface area contributed by atoms with Gasteiger partial charge in [-0.05, 0) is 44.5 Å². The summed E-state index contributed by atoms with van der Waals surface area (Å²) in [4.78, 5) is 37.3. The highest BCUT2D eigenvalue weighted by molar-refractivity contribution is 5.94. The molecule has 0 fully saturated rings. The van der Waals surface area contributed by atoms with Crippen molar-refractivity contribution in [2.24, 2.45) is 0 Å². The fraction of sp³-hybridized carbons (Fsp3) is 0.375. The normalized spacial score (nSPS) is 10.2. The minimum Gasteiger partial charge on any atom is -0.490 e. The molecule has 1 N–H and O–H groups in total. The summed E-state index contributed by atoms with van der Waals surface area (Å²) in [5.74, 6) is -0.0292. The van der Waals surface area contributed by atoms with Gasteiger partial charge in [-0.15, -0.1) is 0 Å². The topological polar surface area (TPSA) is 94.2 Å². The van der Waals surface area contributed by atoms with Crippen molar-refractivity contribution in [3.8, 4) is 11.5 Å². The maximum Gasteiger partial charge on any atom is 0.306 e. The number of likely N-dealkylation sites (N-methyl/N-ethyl adjacent to an activating group) is 1. The maximum absolute atomic E-state index is 12.1. The quantitative estimate of drug-likeness (QED) is 0.401. The molecule has 0 aromatic heterocycles. The summed E-state index contributed by atoms with van der Waals surface area (Å²) >= 11 is 0. The second-order valence-corrected chi connectivity index (χ2v) is 7.16. The van der Waals surface area contributed by atoms with Crippen LogP contribution < -0.4 is 14.8 Å². The summed E-state index contributed by atoms with van der Waals surface area (Å²) in [6.07, 6.45) is 0.546. The molecule has 0 bridgehead atoms. The van der Waals surface area contributed by atoms with Crippen molar-refractivity contribution in [2.45, 2.75) is 26.7 Å². The molecule has 0 aliphatic heterocycles. The molecule has 0 aliphatic rings. The Kier molecular flexibility index (Phi) is 10.0. The zero-order chi connectivity index (χ0) is 23.3. The second kappa shape index (κ2) is 13.0. The molecule has 0 saturated carbocycles. The van der Waals surface area contributed by atoms with Crippen LogP contribution in [0.3, 0.4) is 0 Å². The Bertz CT molecular complexity index is 898. The Hall–Kier alpha value is -3.55. The van der Waals surface area contributed by atoms with E-state index in [1.807, 2.05) is 44.2 Å². The van der Waals surface area contributed by atoms with Gasteiger partial charge in [0.25, 0.3) is 5.91 Å². The summed E-state index contributed by atoms with van der Waals surface area (Å²) < 4.78 is 16.1. The van der Waals surface area contributed by atoms with Crippen molar-refractivity contribution in [1.29, 1.82) is 0 Å².